The van der Waals surface area contributed by atoms with Gasteiger partial charge in [0, 0.05) is 29.7 Å². The molecular formula is C13H17Cl2NO. The highest BCUT2D eigenvalue weighted by atomic mass is 35.5. The van der Waals surface area contributed by atoms with E-state index in [1.807, 2.05) is 12.1 Å². The summed E-state index contributed by atoms with van der Waals surface area (Å²) in [5, 5.41) is 11.5. The van der Waals surface area contributed by atoms with E-state index in [0.29, 0.717) is 5.02 Å². The smallest absolute Gasteiger partial charge is 0.0900 e. The zero-order valence-electron chi connectivity index (χ0n) is 9.92. The lowest BCUT2D eigenvalue weighted by Gasteiger charge is -2.46. The first-order valence-corrected chi connectivity index (χ1v) is 6.67. The lowest BCUT2D eigenvalue weighted by Crippen LogP contribution is -2.60. The molecule has 2 rings (SSSR count). The highest BCUT2D eigenvalue weighted by molar-refractivity contribution is 6.33. The van der Waals surface area contributed by atoms with E-state index in [4.69, 9.17) is 23.2 Å². The first-order chi connectivity index (χ1) is 8.02. The van der Waals surface area contributed by atoms with Gasteiger partial charge in [-0.05, 0) is 30.2 Å². The summed E-state index contributed by atoms with van der Waals surface area (Å²) >= 11 is 12.0. The Bertz CT molecular complexity index is 402. The third-order valence-electron chi connectivity index (χ3n) is 3.15. The van der Waals surface area contributed by atoms with E-state index in [0.717, 1.165) is 43.1 Å². The minimum absolute atomic E-state index is 0.486. The lowest BCUT2D eigenvalue weighted by atomic mass is 9.89. The third-order valence-corrected chi connectivity index (χ3v) is 3.76. The predicted octanol–water partition coefficient (Wildman–Crippen LogP) is 3.34. The number of nitrogens with zero attached hydrogens (tertiary/aromatic N) is 1. The van der Waals surface area contributed by atoms with Crippen molar-refractivity contribution in [1.82, 2.24) is 4.90 Å². The van der Waals surface area contributed by atoms with Gasteiger partial charge in [0.15, 0.2) is 0 Å². The number of hydrogen-bond donors (Lipinski definition) is 1. The van der Waals surface area contributed by atoms with Gasteiger partial charge in [0.1, 0.15) is 0 Å². The normalized spacial score (nSPS) is 19.1. The summed E-state index contributed by atoms with van der Waals surface area (Å²) in [4.78, 5) is 2.19. The molecule has 1 saturated heterocycles. The van der Waals surface area contributed by atoms with Crippen LogP contribution in [0.15, 0.2) is 18.2 Å². The van der Waals surface area contributed by atoms with Crippen molar-refractivity contribution < 1.29 is 5.11 Å². The minimum Gasteiger partial charge on any atom is -0.387 e. The van der Waals surface area contributed by atoms with Crippen molar-refractivity contribution in [2.24, 2.45) is 0 Å². The Labute approximate surface area is 112 Å². The van der Waals surface area contributed by atoms with Gasteiger partial charge in [-0.25, -0.2) is 0 Å². The molecule has 1 heterocycles. The Morgan fingerprint density at radius 3 is 2.71 bits per heavy atom. The Morgan fingerprint density at radius 2 is 2.06 bits per heavy atom. The summed E-state index contributed by atoms with van der Waals surface area (Å²) in [7, 11) is 0. The Kier molecular flexibility index (Phi) is 3.99. The molecule has 2 nitrogen and oxygen atoms in total. The summed E-state index contributed by atoms with van der Waals surface area (Å²) in [6.07, 6.45) is 1.88. The third kappa shape index (κ3) is 3.14. The second-order valence-corrected chi connectivity index (χ2v) is 5.70. The maximum Gasteiger partial charge on any atom is 0.0900 e. The monoisotopic (exact) mass is 273 g/mol. The Morgan fingerprint density at radius 1 is 1.35 bits per heavy atom. The summed E-state index contributed by atoms with van der Waals surface area (Å²) in [6.45, 7) is 4.30. The maximum absolute atomic E-state index is 10.1. The van der Waals surface area contributed by atoms with Crippen LogP contribution in [0.25, 0.3) is 0 Å². The summed E-state index contributed by atoms with van der Waals surface area (Å²) < 4.78 is 0. The van der Waals surface area contributed by atoms with E-state index in [-0.39, 0.29) is 0 Å². The van der Waals surface area contributed by atoms with E-state index in [1.54, 1.807) is 6.07 Å². The Balaban J connectivity index is 1.93. The molecule has 0 aromatic heterocycles. The fraction of sp³-hybridized carbons (Fsp3) is 0.538. The number of benzene rings is 1. The minimum atomic E-state index is -0.486. The van der Waals surface area contributed by atoms with Crippen LogP contribution in [0.3, 0.4) is 0 Å². The number of hydrogen-bond acceptors (Lipinski definition) is 2. The lowest BCUT2D eigenvalue weighted by molar-refractivity contribution is -0.106. The SMILES string of the molecule is CCCC1(O)CN(Cc2cc(Cl)ccc2Cl)C1. The second-order valence-electron chi connectivity index (χ2n) is 4.86. The highest BCUT2D eigenvalue weighted by Gasteiger charge is 2.39. The molecule has 0 atom stereocenters. The van der Waals surface area contributed by atoms with Crippen LogP contribution in [0.5, 0.6) is 0 Å². The van der Waals surface area contributed by atoms with Crippen LogP contribution >= 0.6 is 23.2 Å². The van der Waals surface area contributed by atoms with Crippen LogP contribution in [0.1, 0.15) is 25.3 Å². The van der Waals surface area contributed by atoms with E-state index in [1.165, 1.54) is 0 Å². The zero-order chi connectivity index (χ0) is 12.5. The number of halogens is 2. The van der Waals surface area contributed by atoms with E-state index in [2.05, 4.69) is 11.8 Å². The molecule has 1 aliphatic rings. The van der Waals surface area contributed by atoms with Crippen molar-refractivity contribution in [3.63, 3.8) is 0 Å². The topological polar surface area (TPSA) is 23.5 Å². The van der Waals surface area contributed by atoms with Crippen molar-refractivity contribution in [3.05, 3.63) is 33.8 Å². The van der Waals surface area contributed by atoms with Crippen molar-refractivity contribution in [1.29, 1.82) is 0 Å². The number of β-amino-alcohol motifs (C(OH)–C–C–N with tert-alkyl or cyclic N) is 1. The van der Waals surface area contributed by atoms with Crippen LogP contribution in [0, 0.1) is 0 Å². The summed E-state index contributed by atoms with van der Waals surface area (Å²) in [5.74, 6) is 0. The van der Waals surface area contributed by atoms with Gasteiger partial charge in [-0.1, -0.05) is 36.5 Å². The predicted molar refractivity (Wildman–Crippen MR) is 71.6 cm³/mol. The highest BCUT2D eigenvalue weighted by Crippen LogP contribution is 2.29. The van der Waals surface area contributed by atoms with E-state index in [9.17, 15) is 5.11 Å². The number of aliphatic hydroxyl groups is 1. The van der Waals surface area contributed by atoms with Crippen LogP contribution in [-0.2, 0) is 6.54 Å². The largest absolute Gasteiger partial charge is 0.387 e. The molecule has 0 saturated carbocycles. The van der Waals surface area contributed by atoms with Crippen LogP contribution in [0.4, 0.5) is 0 Å². The fourth-order valence-corrected chi connectivity index (χ4v) is 2.80. The summed E-state index contributed by atoms with van der Waals surface area (Å²) in [6, 6.07) is 5.50. The molecule has 1 aromatic rings. The molecule has 0 aliphatic carbocycles. The quantitative estimate of drug-likeness (QED) is 0.910. The molecule has 4 heteroatoms. The van der Waals surface area contributed by atoms with Crippen molar-refractivity contribution in [2.45, 2.75) is 31.9 Å². The van der Waals surface area contributed by atoms with Crippen molar-refractivity contribution in [2.75, 3.05) is 13.1 Å². The Hall–Kier alpha value is -0.280. The molecule has 0 spiro atoms. The first-order valence-electron chi connectivity index (χ1n) is 5.91. The molecule has 0 radical (unpaired) electrons. The van der Waals surface area contributed by atoms with Gasteiger partial charge in [0.2, 0.25) is 0 Å². The molecule has 0 unspecified atom stereocenters. The first kappa shape index (κ1) is 13.2. The second kappa shape index (κ2) is 5.15. The molecule has 1 N–H and O–H groups in total. The average Bonchev–Trinajstić information content (AvgIpc) is 2.21. The van der Waals surface area contributed by atoms with Crippen LogP contribution in [-0.4, -0.2) is 28.7 Å². The van der Waals surface area contributed by atoms with Gasteiger partial charge in [-0.15, -0.1) is 0 Å². The van der Waals surface area contributed by atoms with Crippen LogP contribution in [0.2, 0.25) is 10.0 Å². The molecule has 17 heavy (non-hydrogen) atoms. The standard InChI is InChI=1S/C13H17Cl2NO/c1-2-5-13(17)8-16(9-13)7-10-6-11(14)3-4-12(10)15/h3-4,6,17H,2,5,7-9H2,1H3. The van der Waals surface area contributed by atoms with Gasteiger partial charge in [-0.3, -0.25) is 4.90 Å². The molecule has 94 valence electrons. The molecule has 0 bridgehead atoms. The maximum atomic E-state index is 10.1. The zero-order valence-corrected chi connectivity index (χ0v) is 11.4. The van der Waals surface area contributed by atoms with Gasteiger partial charge in [0.25, 0.3) is 0 Å². The number of rotatable bonds is 4. The van der Waals surface area contributed by atoms with Gasteiger partial charge < -0.3 is 5.11 Å². The molecule has 1 aromatic carbocycles. The van der Waals surface area contributed by atoms with Gasteiger partial charge in [-0.2, -0.15) is 0 Å². The van der Waals surface area contributed by atoms with Gasteiger partial charge >= 0.3 is 0 Å². The van der Waals surface area contributed by atoms with E-state index >= 15 is 0 Å². The molecular weight excluding hydrogens is 257 g/mol. The molecule has 1 aliphatic heterocycles. The number of likely N-dealkylation sites (tertiary alicyclic amines) is 1. The van der Waals surface area contributed by atoms with Crippen LogP contribution < -0.4 is 0 Å². The molecule has 1 fully saturated rings. The van der Waals surface area contributed by atoms with Crippen molar-refractivity contribution in [3.8, 4) is 0 Å². The molecule has 0 amide bonds. The average molecular weight is 274 g/mol. The summed E-state index contributed by atoms with van der Waals surface area (Å²) in [5.41, 5.74) is 0.539. The van der Waals surface area contributed by atoms with Crippen molar-refractivity contribution >= 4 is 23.2 Å². The fourth-order valence-electron chi connectivity index (χ4n) is 2.43. The van der Waals surface area contributed by atoms with E-state index < -0.39 is 5.60 Å². The van der Waals surface area contributed by atoms with Gasteiger partial charge in [0.05, 0.1) is 5.60 Å².